The van der Waals surface area contributed by atoms with Gasteiger partial charge in [-0.1, -0.05) is 69.8 Å². The zero-order valence-corrected chi connectivity index (χ0v) is 10.2. The summed E-state index contributed by atoms with van der Waals surface area (Å²) in [6, 6.07) is 0. The molecule has 0 aromatic carbocycles. The lowest BCUT2D eigenvalue weighted by Crippen LogP contribution is -2.00. The van der Waals surface area contributed by atoms with Gasteiger partial charge in [-0.25, -0.2) is 0 Å². The van der Waals surface area contributed by atoms with Crippen LogP contribution in [0.2, 0.25) is 0 Å². The summed E-state index contributed by atoms with van der Waals surface area (Å²) in [5.41, 5.74) is 0. The molecule has 0 fully saturated rings. The van der Waals surface area contributed by atoms with Crippen LogP contribution in [0.1, 0.15) is 0 Å². The Morgan fingerprint density at radius 1 is 1.12 bits per heavy atom. The van der Waals surface area contributed by atoms with E-state index in [-0.39, 0.29) is 0 Å². The predicted molar refractivity (Wildman–Crippen MR) is 52.4 cm³/mol. The zero-order chi connectivity index (χ0) is 6.57. The third kappa shape index (κ3) is 4.53. The van der Waals surface area contributed by atoms with Gasteiger partial charge in [0, 0.05) is 0 Å². The fourth-order valence-corrected chi connectivity index (χ4v) is 1.40. The standard InChI is InChI=1S/C4H4Br4/c5-2-1-3(6)4(7)8/h1-4H. The van der Waals surface area contributed by atoms with E-state index in [1.54, 1.807) is 0 Å². The number of alkyl halides is 3. The lowest BCUT2D eigenvalue weighted by atomic mass is 10.5. The average Bonchev–Trinajstić information content (AvgIpc) is 1.67. The number of rotatable bonds is 2. The van der Waals surface area contributed by atoms with Crippen molar-refractivity contribution in [2.24, 2.45) is 0 Å². The highest BCUT2D eigenvalue weighted by Gasteiger charge is 2.06. The molecule has 48 valence electrons. The molecule has 0 aliphatic heterocycles. The van der Waals surface area contributed by atoms with Gasteiger partial charge in [-0.05, 0) is 4.99 Å². The molecule has 8 heavy (non-hydrogen) atoms. The lowest BCUT2D eigenvalue weighted by Gasteiger charge is -2.01. The zero-order valence-electron chi connectivity index (χ0n) is 3.82. The van der Waals surface area contributed by atoms with E-state index in [0.29, 0.717) is 8.56 Å². The van der Waals surface area contributed by atoms with Gasteiger partial charge < -0.3 is 0 Å². The Morgan fingerprint density at radius 2 is 1.62 bits per heavy atom. The summed E-state index contributed by atoms with van der Waals surface area (Å²) in [6.07, 6.45) is 1.98. The maximum Gasteiger partial charge on any atom is 0.0857 e. The van der Waals surface area contributed by atoms with Crippen molar-refractivity contribution >= 4 is 63.7 Å². The third-order valence-corrected chi connectivity index (χ3v) is 4.19. The highest BCUT2D eigenvalue weighted by atomic mass is 79.9. The van der Waals surface area contributed by atoms with Crippen molar-refractivity contribution in [3.05, 3.63) is 11.1 Å². The van der Waals surface area contributed by atoms with Crippen LogP contribution in [0, 0.1) is 0 Å². The Labute approximate surface area is 82.6 Å². The van der Waals surface area contributed by atoms with Crippen molar-refractivity contribution in [3.8, 4) is 0 Å². The van der Waals surface area contributed by atoms with E-state index < -0.39 is 0 Å². The van der Waals surface area contributed by atoms with Gasteiger partial charge in [-0.15, -0.1) is 0 Å². The Bertz CT molecular complexity index is 78.1. The van der Waals surface area contributed by atoms with E-state index in [2.05, 4.69) is 63.7 Å². The average molecular weight is 372 g/mol. The van der Waals surface area contributed by atoms with Crippen LogP contribution in [0.5, 0.6) is 0 Å². The minimum atomic E-state index is 0.295. The molecular formula is C4H4Br4. The maximum absolute atomic E-state index is 3.39. The van der Waals surface area contributed by atoms with Gasteiger partial charge in [0.2, 0.25) is 0 Å². The molecule has 0 aliphatic rings. The van der Waals surface area contributed by atoms with Crippen molar-refractivity contribution in [3.63, 3.8) is 0 Å². The van der Waals surface area contributed by atoms with E-state index in [9.17, 15) is 0 Å². The van der Waals surface area contributed by atoms with Gasteiger partial charge in [-0.3, -0.25) is 0 Å². The molecule has 0 rings (SSSR count). The van der Waals surface area contributed by atoms with Crippen LogP contribution in [0.25, 0.3) is 0 Å². The first kappa shape index (κ1) is 9.66. The van der Waals surface area contributed by atoms with Crippen molar-refractivity contribution in [2.75, 3.05) is 0 Å². The quantitative estimate of drug-likeness (QED) is 0.648. The maximum atomic E-state index is 3.39. The molecule has 0 spiro atoms. The van der Waals surface area contributed by atoms with E-state index in [1.165, 1.54) is 0 Å². The second-order valence-corrected chi connectivity index (χ2v) is 5.89. The fraction of sp³-hybridized carbons (Fsp3) is 0.500. The Hall–Kier alpha value is 1.66. The van der Waals surface area contributed by atoms with E-state index in [0.717, 1.165) is 0 Å². The molecular weight excluding hydrogens is 368 g/mol. The number of halogens is 4. The van der Waals surface area contributed by atoms with Crippen LogP contribution < -0.4 is 0 Å². The number of allylic oxidation sites excluding steroid dienone is 1. The number of hydrogen-bond acceptors (Lipinski definition) is 0. The SMILES string of the molecule is BrC=CC(Br)C(Br)Br. The molecule has 0 nitrogen and oxygen atoms in total. The Balaban J connectivity index is 3.47. The van der Waals surface area contributed by atoms with Gasteiger partial charge in [0.05, 0.1) is 8.56 Å². The molecule has 1 atom stereocenters. The van der Waals surface area contributed by atoms with Gasteiger partial charge in [0.25, 0.3) is 0 Å². The van der Waals surface area contributed by atoms with Crippen molar-refractivity contribution in [1.82, 2.24) is 0 Å². The molecule has 0 heterocycles. The molecule has 1 unspecified atom stereocenters. The fourth-order valence-electron chi connectivity index (χ4n) is 0.153. The normalized spacial score (nSPS) is 15.6. The van der Waals surface area contributed by atoms with Crippen LogP contribution in [0.15, 0.2) is 11.1 Å². The third-order valence-electron chi connectivity index (χ3n) is 0.497. The predicted octanol–water partition coefficient (Wildman–Crippen LogP) is 3.77. The van der Waals surface area contributed by atoms with Crippen molar-refractivity contribution < 1.29 is 0 Å². The molecule has 4 heteroatoms. The summed E-state index contributed by atoms with van der Waals surface area (Å²) in [7, 11) is 0. The minimum Gasteiger partial charge on any atom is -0.0823 e. The van der Waals surface area contributed by atoms with Gasteiger partial charge in [0.15, 0.2) is 0 Å². The van der Waals surface area contributed by atoms with Crippen LogP contribution in [0.3, 0.4) is 0 Å². The Morgan fingerprint density at radius 3 is 1.75 bits per heavy atom. The second-order valence-electron chi connectivity index (χ2n) is 1.10. The van der Waals surface area contributed by atoms with E-state index in [1.807, 2.05) is 11.1 Å². The first-order valence-corrected chi connectivity index (χ1v) is 5.54. The van der Waals surface area contributed by atoms with Crippen LogP contribution in [0.4, 0.5) is 0 Å². The summed E-state index contributed by atoms with van der Waals surface area (Å²) in [4.78, 5) is 2.16. The molecule has 0 aliphatic carbocycles. The molecule has 0 radical (unpaired) electrons. The molecule has 0 N–H and O–H groups in total. The molecule has 0 aromatic heterocycles. The van der Waals surface area contributed by atoms with Gasteiger partial charge >= 0.3 is 0 Å². The van der Waals surface area contributed by atoms with Crippen molar-refractivity contribution in [1.29, 1.82) is 0 Å². The van der Waals surface area contributed by atoms with Crippen LogP contribution in [-0.4, -0.2) is 8.56 Å². The first-order valence-electron chi connectivity index (χ1n) is 1.87. The largest absolute Gasteiger partial charge is 0.0857 e. The first-order chi connectivity index (χ1) is 3.68. The summed E-state index contributed by atoms with van der Waals surface area (Å²) in [6.45, 7) is 0. The molecule has 0 amide bonds. The monoisotopic (exact) mass is 368 g/mol. The van der Waals surface area contributed by atoms with E-state index in [4.69, 9.17) is 0 Å². The van der Waals surface area contributed by atoms with Crippen LogP contribution in [-0.2, 0) is 0 Å². The molecule has 0 saturated heterocycles. The smallest absolute Gasteiger partial charge is 0.0823 e. The summed E-state index contributed by atoms with van der Waals surface area (Å²) >= 11 is 13.2. The minimum absolute atomic E-state index is 0.295. The molecule has 0 aromatic rings. The summed E-state index contributed by atoms with van der Waals surface area (Å²) in [5, 5.41) is 0. The Kier molecular flexibility index (Phi) is 6.58. The van der Waals surface area contributed by atoms with Gasteiger partial charge in [0.1, 0.15) is 0 Å². The van der Waals surface area contributed by atoms with Crippen LogP contribution >= 0.6 is 63.7 Å². The second kappa shape index (κ2) is 5.45. The topological polar surface area (TPSA) is 0 Å². The van der Waals surface area contributed by atoms with Gasteiger partial charge in [-0.2, -0.15) is 0 Å². The highest BCUT2D eigenvalue weighted by molar-refractivity contribution is 9.25. The highest BCUT2D eigenvalue weighted by Crippen LogP contribution is 2.21. The lowest BCUT2D eigenvalue weighted by molar-refractivity contribution is 1.27. The molecule has 0 saturated carbocycles. The summed E-state index contributed by atoms with van der Waals surface area (Å²) in [5.74, 6) is 0. The number of hydrogen-bond donors (Lipinski definition) is 0. The van der Waals surface area contributed by atoms with E-state index >= 15 is 0 Å². The molecule has 0 bridgehead atoms. The summed E-state index contributed by atoms with van der Waals surface area (Å²) < 4.78 is 0.295. The van der Waals surface area contributed by atoms with Crippen molar-refractivity contribution in [2.45, 2.75) is 8.56 Å².